The number of carbonyl (C=O) groups is 4. The molecule has 6 N–H and O–H groups in total. The van der Waals surface area contributed by atoms with Gasteiger partial charge in [0.15, 0.2) is 0 Å². The Labute approximate surface area is 234 Å². The van der Waals surface area contributed by atoms with Crippen molar-refractivity contribution in [1.82, 2.24) is 25.2 Å². The van der Waals surface area contributed by atoms with Gasteiger partial charge in [0.1, 0.15) is 17.2 Å². The van der Waals surface area contributed by atoms with E-state index >= 15 is 0 Å². The molecule has 1 aliphatic heterocycles. The molecule has 3 atom stereocenters. The number of nitrogens with two attached hydrogens (primary N) is 2. The fourth-order valence-corrected chi connectivity index (χ4v) is 7.92. The zero-order valence-electron chi connectivity index (χ0n) is 23.6. The molecule has 12 nitrogen and oxygen atoms in total. The molecule has 3 amide bonds. The van der Waals surface area contributed by atoms with Crippen molar-refractivity contribution in [3.8, 4) is 0 Å². The summed E-state index contributed by atoms with van der Waals surface area (Å²) in [5.41, 5.74) is 9.90. The average molecular weight is 558 g/mol. The Morgan fingerprint density at radius 3 is 2.40 bits per heavy atom. The van der Waals surface area contributed by atoms with Crippen LogP contribution in [0.15, 0.2) is 6.20 Å². The summed E-state index contributed by atoms with van der Waals surface area (Å²) < 4.78 is 1.57. The Hall–Kier alpha value is -2.86. The van der Waals surface area contributed by atoms with E-state index in [0.717, 1.165) is 31.6 Å². The van der Waals surface area contributed by atoms with Gasteiger partial charge in [0.25, 0.3) is 5.91 Å². The molecular weight excluding hydrogens is 514 g/mol. The topological polar surface area (TPSA) is 187 Å². The number of nitrogens with zero attached hydrogens (tertiary/aromatic N) is 4. The third-order valence-electron chi connectivity index (χ3n) is 10.00. The Kier molecular flexibility index (Phi) is 7.54. The van der Waals surface area contributed by atoms with Crippen LogP contribution in [-0.4, -0.2) is 72.7 Å². The Bertz CT molecular complexity index is 1160. The van der Waals surface area contributed by atoms with Gasteiger partial charge in [-0.15, -0.1) is 5.10 Å². The summed E-state index contributed by atoms with van der Waals surface area (Å²) in [6.07, 6.45) is 10.8. The number of aliphatic hydroxyl groups is 1. The highest BCUT2D eigenvalue weighted by Gasteiger charge is 2.50. The van der Waals surface area contributed by atoms with E-state index in [9.17, 15) is 24.3 Å². The summed E-state index contributed by atoms with van der Waals surface area (Å²) in [5.74, 6) is -1.98. The molecule has 0 radical (unpaired) electrons. The number of rotatable bonds is 9. The van der Waals surface area contributed by atoms with Gasteiger partial charge in [0, 0.05) is 13.0 Å². The molecule has 0 aromatic carbocycles. The minimum Gasteiger partial charge on any atom is -0.384 e. The highest BCUT2D eigenvalue weighted by molar-refractivity contribution is 6.39. The van der Waals surface area contributed by atoms with Gasteiger partial charge in [-0.1, -0.05) is 24.5 Å². The summed E-state index contributed by atoms with van der Waals surface area (Å²) in [6.45, 7) is 3.40. The summed E-state index contributed by atoms with van der Waals surface area (Å²) >= 11 is 0. The molecule has 1 unspecified atom stereocenters. The third kappa shape index (κ3) is 5.27. The maximum absolute atomic E-state index is 13.9. The molecule has 2 heterocycles. The summed E-state index contributed by atoms with van der Waals surface area (Å²) in [7, 11) is 0. The van der Waals surface area contributed by atoms with Crippen LogP contribution in [0.5, 0.6) is 0 Å². The number of ketones is 1. The molecule has 3 saturated carbocycles. The van der Waals surface area contributed by atoms with E-state index in [1.807, 2.05) is 0 Å². The molecule has 2 bridgehead atoms. The number of hydrogen-bond acceptors (Lipinski definition) is 8. The monoisotopic (exact) mass is 557 g/mol. The van der Waals surface area contributed by atoms with Crippen molar-refractivity contribution in [3.63, 3.8) is 0 Å². The van der Waals surface area contributed by atoms with Crippen LogP contribution in [0.4, 0.5) is 0 Å². The number of nitrogens with one attached hydrogen (secondary N) is 1. The van der Waals surface area contributed by atoms with Gasteiger partial charge in [-0.2, -0.15) is 0 Å². The molecule has 4 aliphatic rings. The van der Waals surface area contributed by atoms with Crippen LogP contribution in [0.1, 0.15) is 103 Å². The van der Waals surface area contributed by atoms with Crippen molar-refractivity contribution in [2.45, 2.75) is 120 Å². The van der Waals surface area contributed by atoms with E-state index in [1.54, 1.807) is 18.5 Å². The van der Waals surface area contributed by atoms with Crippen LogP contribution in [0.2, 0.25) is 0 Å². The molecule has 0 spiro atoms. The molecule has 5 rings (SSSR count). The second kappa shape index (κ2) is 10.5. The van der Waals surface area contributed by atoms with Crippen molar-refractivity contribution in [2.75, 3.05) is 6.54 Å². The highest BCUT2D eigenvalue weighted by Crippen LogP contribution is 2.56. The maximum Gasteiger partial charge on any atom is 0.287 e. The minimum absolute atomic E-state index is 0.0939. The first-order chi connectivity index (χ1) is 18.8. The molecule has 1 aromatic heterocycles. The molecular formula is C28H43N7O5. The molecule has 12 heteroatoms. The first-order valence-electron chi connectivity index (χ1n) is 14.7. The van der Waals surface area contributed by atoms with E-state index in [4.69, 9.17) is 11.5 Å². The van der Waals surface area contributed by atoms with Crippen molar-refractivity contribution in [1.29, 1.82) is 0 Å². The number of hydrogen-bond donors (Lipinski definition) is 4. The minimum atomic E-state index is -1.37. The lowest BCUT2D eigenvalue weighted by atomic mass is 9.78. The van der Waals surface area contributed by atoms with Gasteiger partial charge < -0.3 is 26.8 Å². The molecule has 220 valence electrons. The average Bonchev–Trinajstić information content (AvgIpc) is 3.70. The van der Waals surface area contributed by atoms with Crippen LogP contribution in [-0.2, 0) is 24.8 Å². The Morgan fingerprint density at radius 1 is 1.15 bits per heavy atom. The molecule has 4 fully saturated rings. The predicted molar refractivity (Wildman–Crippen MR) is 144 cm³/mol. The molecule has 3 aliphatic carbocycles. The van der Waals surface area contributed by atoms with Gasteiger partial charge in [0.2, 0.25) is 17.6 Å². The van der Waals surface area contributed by atoms with Crippen LogP contribution >= 0.6 is 0 Å². The van der Waals surface area contributed by atoms with Crippen molar-refractivity contribution < 1.29 is 24.3 Å². The van der Waals surface area contributed by atoms with Gasteiger partial charge in [-0.05, 0) is 76.5 Å². The highest BCUT2D eigenvalue weighted by atomic mass is 16.3. The lowest BCUT2D eigenvalue weighted by Crippen LogP contribution is -2.62. The summed E-state index contributed by atoms with van der Waals surface area (Å²) in [4.78, 5) is 54.2. The fourth-order valence-electron chi connectivity index (χ4n) is 7.92. The quantitative estimate of drug-likeness (QED) is 0.321. The van der Waals surface area contributed by atoms with Crippen LogP contribution < -0.4 is 16.8 Å². The van der Waals surface area contributed by atoms with E-state index in [0.29, 0.717) is 37.8 Å². The molecule has 1 aromatic rings. The molecule has 40 heavy (non-hydrogen) atoms. The van der Waals surface area contributed by atoms with Crippen LogP contribution in [0, 0.1) is 11.3 Å². The molecule has 1 saturated heterocycles. The van der Waals surface area contributed by atoms with E-state index in [1.165, 1.54) is 23.9 Å². The third-order valence-corrected chi connectivity index (χ3v) is 10.00. The fraction of sp³-hybridized carbons (Fsp3) is 0.786. The lowest BCUT2D eigenvalue weighted by molar-refractivity contribution is -0.145. The predicted octanol–water partition coefficient (Wildman–Crippen LogP) is 0.819. The lowest BCUT2D eigenvalue weighted by Gasteiger charge is -2.37. The van der Waals surface area contributed by atoms with E-state index in [2.05, 4.69) is 15.6 Å². The number of likely N-dealkylation sites (tertiary alicyclic amines) is 1. The van der Waals surface area contributed by atoms with Gasteiger partial charge in [0.05, 0.1) is 24.0 Å². The van der Waals surface area contributed by atoms with E-state index in [-0.39, 0.29) is 24.3 Å². The zero-order chi connectivity index (χ0) is 28.9. The van der Waals surface area contributed by atoms with Crippen LogP contribution in [0.25, 0.3) is 0 Å². The Morgan fingerprint density at radius 2 is 1.82 bits per heavy atom. The normalized spacial score (nSPS) is 30.3. The first-order valence-corrected chi connectivity index (χ1v) is 14.7. The second-order valence-corrected chi connectivity index (χ2v) is 13.3. The number of Topliss-reactive ketones (excluding diaryl/α,β-unsaturated/α-hetero) is 1. The zero-order valence-corrected chi connectivity index (χ0v) is 23.6. The largest absolute Gasteiger partial charge is 0.384 e. The number of amides is 3. The van der Waals surface area contributed by atoms with E-state index < -0.39 is 46.9 Å². The first kappa shape index (κ1) is 28.7. The van der Waals surface area contributed by atoms with Gasteiger partial charge >= 0.3 is 0 Å². The standard InChI is InChI=1S/C28H43N7O5/c1-26(2,40)21-15-31-33-35(21)18-12-20(24(38)32-28(22(36)23(30)37)8-4-3-5-9-28)34(16-18)25(39)19(29)14-27-10-6-17(13-27)7-11-27/h15,17-20,40H,3-14,16,29H2,1-2H3,(H2,30,37)(H,32,38)/t17?,18-,19?,20-,27?/m0/s1. The summed E-state index contributed by atoms with van der Waals surface area (Å²) in [6, 6.07) is -2.13. The van der Waals surface area contributed by atoms with Gasteiger partial charge in [-0.25, -0.2) is 4.68 Å². The number of fused-ring (bicyclic) bond motifs is 2. The van der Waals surface area contributed by atoms with Gasteiger partial charge in [-0.3, -0.25) is 19.2 Å². The Balaban J connectivity index is 1.41. The summed E-state index contributed by atoms with van der Waals surface area (Å²) in [5, 5.41) is 21.7. The van der Waals surface area contributed by atoms with Crippen molar-refractivity contribution in [3.05, 3.63) is 11.9 Å². The maximum atomic E-state index is 13.9. The number of primary amides is 1. The second-order valence-electron chi connectivity index (χ2n) is 13.3. The smallest absolute Gasteiger partial charge is 0.287 e. The number of aromatic nitrogens is 3. The van der Waals surface area contributed by atoms with Crippen molar-refractivity contribution >= 4 is 23.5 Å². The number of carbonyl (C=O) groups excluding carboxylic acids is 4. The van der Waals surface area contributed by atoms with Crippen molar-refractivity contribution in [2.24, 2.45) is 22.8 Å². The van der Waals surface area contributed by atoms with Crippen LogP contribution in [0.3, 0.4) is 0 Å². The SMILES string of the molecule is CC(C)(O)c1cnnn1[C@H]1C[C@@H](C(=O)NC2(C(=O)C(N)=O)CCCCC2)N(C(=O)C(N)CC23CCC(CC2)C3)C1.